The highest BCUT2D eigenvalue weighted by Crippen LogP contribution is 2.25. The maximum Gasteiger partial charge on any atom is 0.265 e. The Bertz CT molecular complexity index is 1120. The third-order valence-electron chi connectivity index (χ3n) is 3.56. The van der Waals surface area contributed by atoms with E-state index in [-0.39, 0.29) is 17.4 Å². The number of hydrogen-bond acceptors (Lipinski definition) is 7. The number of benzene rings is 2. The van der Waals surface area contributed by atoms with Crippen LogP contribution in [-0.4, -0.2) is 36.6 Å². The van der Waals surface area contributed by atoms with Gasteiger partial charge in [-0.25, -0.2) is 5.43 Å². The molecule has 0 radical (unpaired) electrons. The zero-order valence-corrected chi connectivity index (χ0v) is 14.2. The molecule has 0 saturated carbocycles. The van der Waals surface area contributed by atoms with Crippen molar-refractivity contribution >= 4 is 50.2 Å². The van der Waals surface area contributed by atoms with E-state index in [0.717, 1.165) is 15.4 Å². The lowest BCUT2D eigenvalue weighted by Crippen LogP contribution is -1.99. The van der Waals surface area contributed by atoms with Gasteiger partial charge in [0.1, 0.15) is 17.0 Å². The van der Waals surface area contributed by atoms with Gasteiger partial charge in [-0.3, -0.25) is 0 Å². The summed E-state index contributed by atoms with van der Waals surface area (Å²) in [6, 6.07) is 9.95. The van der Waals surface area contributed by atoms with Gasteiger partial charge >= 0.3 is 0 Å². The summed E-state index contributed by atoms with van der Waals surface area (Å²) in [5, 5.41) is 32.2. The highest BCUT2D eigenvalue weighted by atomic mass is 79.9. The number of halogens is 1. The Morgan fingerprint density at radius 3 is 2.88 bits per heavy atom. The lowest BCUT2D eigenvalue weighted by atomic mass is 10.2. The minimum absolute atomic E-state index is 0.000889. The molecule has 0 unspecified atom stereocenters. The Labute approximate surface area is 149 Å². The second kappa shape index (κ2) is 6.02. The molecule has 0 aliphatic rings. The average Bonchev–Trinajstić information content (AvgIpc) is 2.95. The Morgan fingerprint density at radius 2 is 2.00 bits per heavy atom. The van der Waals surface area contributed by atoms with Gasteiger partial charge in [0.25, 0.3) is 5.95 Å². The summed E-state index contributed by atoms with van der Waals surface area (Å²) in [5.41, 5.74) is 5.16. The lowest BCUT2D eigenvalue weighted by molar-refractivity contribution is 0.459. The third kappa shape index (κ3) is 2.96. The van der Waals surface area contributed by atoms with Gasteiger partial charge in [-0.1, -0.05) is 15.9 Å². The van der Waals surface area contributed by atoms with E-state index in [1.54, 1.807) is 0 Å². The van der Waals surface area contributed by atoms with Crippen LogP contribution in [0.3, 0.4) is 0 Å². The molecular formula is C16H11BrN6O2. The molecular weight excluding hydrogens is 388 g/mol. The number of phenols is 2. The fourth-order valence-electron chi connectivity index (χ4n) is 2.40. The monoisotopic (exact) mass is 398 g/mol. The van der Waals surface area contributed by atoms with Crippen molar-refractivity contribution in [1.29, 1.82) is 0 Å². The molecule has 4 N–H and O–H groups in total. The average molecular weight is 399 g/mol. The van der Waals surface area contributed by atoms with Crippen LogP contribution in [0.25, 0.3) is 22.1 Å². The van der Waals surface area contributed by atoms with Crippen LogP contribution in [0.5, 0.6) is 11.5 Å². The van der Waals surface area contributed by atoms with Crippen LogP contribution in [0.2, 0.25) is 0 Å². The van der Waals surface area contributed by atoms with E-state index < -0.39 is 0 Å². The normalized spacial score (nSPS) is 11.6. The van der Waals surface area contributed by atoms with E-state index in [9.17, 15) is 10.2 Å². The van der Waals surface area contributed by atoms with Crippen LogP contribution < -0.4 is 5.43 Å². The number of hydrogen-bond donors (Lipinski definition) is 4. The molecule has 4 aromatic rings. The Morgan fingerprint density at radius 1 is 1.12 bits per heavy atom. The Hall–Kier alpha value is -3.20. The predicted molar refractivity (Wildman–Crippen MR) is 97.9 cm³/mol. The minimum Gasteiger partial charge on any atom is -0.508 e. The van der Waals surface area contributed by atoms with Crippen molar-refractivity contribution in [2.45, 2.75) is 0 Å². The summed E-state index contributed by atoms with van der Waals surface area (Å²) in [6.45, 7) is 0. The number of phenolic OH excluding ortho intramolecular Hbond substituents is 2. The summed E-state index contributed by atoms with van der Waals surface area (Å²) in [6.07, 6.45) is 1.35. The highest BCUT2D eigenvalue weighted by molar-refractivity contribution is 9.10. The number of hydrazone groups is 1. The van der Waals surface area contributed by atoms with Gasteiger partial charge in [-0.2, -0.15) is 10.1 Å². The summed E-state index contributed by atoms with van der Waals surface area (Å²) in [5.74, 6) is 0.232. The van der Waals surface area contributed by atoms with Crippen LogP contribution in [0, 0.1) is 0 Å². The first-order valence-electron chi connectivity index (χ1n) is 7.23. The van der Waals surface area contributed by atoms with E-state index in [0.29, 0.717) is 16.7 Å². The summed E-state index contributed by atoms with van der Waals surface area (Å²) in [4.78, 5) is 7.50. The molecule has 2 aromatic carbocycles. The number of aromatic hydroxyl groups is 2. The molecule has 8 nitrogen and oxygen atoms in total. The summed E-state index contributed by atoms with van der Waals surface area (Å²) in [7, 11) is 0. The number of rotatable bonds is 3. The Balaban J connectivity index is 1.62. The first-order chi connectivity index (χ1) is 12.1. The second-order valence-electron chi connectivity index (χ2n) is 5.26. The number of aromatic nitrogens is 4. The summed E-state index contributed by atoms with van der Waals surface area (Å²) >= 11 is 3.43. The third-order valence-corrected chi connectivity index (χ3v) is 4.05. The minimum atomic E-state index is -0.000889. The van der Waals surface area contributed by atoms with Gasteiger partial charge in [-0.15, -0.1) is 10.2 Å². The van der Waals surface area contributed by atoms with E-state index in [4.69, 9.17) is 0 Å². The molecule has 0 fully saturated rings. The molecule has 0 bridgehead atoms. The first-order valence-corrected chi connectivity index (χ1v) is 8.02. The van der Waals surface area contributed by atoms with Crippen molar-refractivity contribution in [3.63, 3.8) is 0 Å². The fraction of sp³-hybridized carbons (Fsp3) is 0. The highest BCUT2D eigenvalue weighted by Gasteiger charge is 2.09. The number of nitrogens with one attached hydrogen (secondary N) is 2. The molecule has 0 spiro atoms. The zero-order valence-electron chi connectivity index (χ0n) is 12.6. The molecule has 0 atom stereocenters. The number of anilines is 1. The number of aromatic amines is 1. The molecule has 4 rings (SSSR count). The van der Waals surface area contributed by atoms with Gasteiger partial charge in [0.15, 0.2) is 5.65 Å². The molecule has 25 heavy (non-hydrogen) atoms. The van der Waals surface area contributed by atoms with Crippen molar-refractivity contribution in [2.75, 3.05) is 5.43 Å². The van der Waals surface area contributed by atoms with Crippen LogP contribution in [-0.2, 0) is 0 Å². The van der Waals surface area contributed by atoms with E-state index in [1.807, 2.05) is 18.2 Å². The van der Waals surface area contributed by atoms with Crippen molar-refractivity contribution in [3.05, 3.63) is 46.4 Å². The Kier molecular flexibility index (Phi) is 3.69. The topological polar surface area (TPSA) is 119 Å². The van der Waals surface area contributed by atoms with Crippen molar-refractivity contribution in [3.8, 4) is 11.5 Å². The van der Waals surface area contributed by atoms with E-state index in [2.05, 4.69) is 46.6 Å². The molecule has 0 aliphatic heterocycles. The molecule has 0 aliphatic carbocycles. The largest absolute Gasteiger partial charge is 0.508 e. The first kappa shape index (κ1) is 15.3. The van der Waals surface area contributed by atoms with Gasteiger partial charge < -0.3 is 15.2 Å². The maximum absolute atomic E-state index is 9.69. The second-order valence-corrected chi connectivity index (χ2v) is 6.18. The van der Waals surface area contributed by atoms with Gasteiger partial charge in [0.05, 0.1) is 6.21 Å². The lowest BCUT2D eigenvalue weighted by Gasteiger charge is -2.00. The molecule has 9 heteroatoms. The van der Waals surface area contributed by atoms with Crippen molar-refractivity contribution < 1.29 is 10.2 Å². The number of H-pyrrole nitrogens is 1. The van der Waals surface area contributed by atoms with Crippen LogP contribution >= 0.6 is 15.9 Å². The van der Waals surface area contributed by atoms with Gasteiger partial charge in [0, 0.05) is 20.9 Å². The standard InChI is InChI=1S/C16H11BrN6O2/c17-9-1-3-12-11(6-9)14-15(19-12)20-16(23-21-14)22-18-7-8-5-10(24)2-4-13(8)25/h1-7,24-25H,(H2,19,20,22,23)/b18-7+. The molecule has 0 amide bonds. The van der Waals surface area contributed by atoms with Gasteiger partial charge in [0.2, 0.25) is 0 Å². The van der Waals surface area contributed by atoms with E-state index in [1.165, 1.54) is 24.4 Å². The quantitative estimate of drug-likeness (QED) is 0.239. The maximum atomic E-state index is 9.69. The van der Waals surface area contributed by atoms with E-state index >= 15 is 0 Å². The molecule has 2 aromatic heterocycles. The SMILES string of the molecule is Oc1ccc(O)c(/C=N/Nc2nnc3c(n2)[nH]c2ccc(Br)cc23)c1. The van der Waals surface area contributed by atoms with Crippen molar-refractivity contribution in [2.24, 2.45) is 5.10 Å². The van der Waals surface area contributed by atoms with Crippen LogP contribution in [0.4, 0.5) is 5.95 Å². The molecule has 2 heterocycles. The predicted octanol–water partition coefficient (Wildman–Crippen LogP) is 3.13. The fourth-order valence-corrected chi connectivity index (χ4v) is 2.76. The zero-order chi connectivity index (χ0) is 17.4. The smallest absolute Gasteiger partial charge is 0.265 e. The molecule has 124 valence electrons. The number of nitrogens with zero attached hydrogens (tertiary/aromatic N) is 4. The number of fused-ring (bicyclic) bond motifs is 3. The van der Waals surface area contributed by atoms with Crippen molar-refractivity contribution in [1.82, 2.24) is 20.2 Å². The summed E-state index contributed by atoms with van der Waals surface area (Å²) < 4.78 is 0.945. The van der Waals surface area contributed by atoms with Crippen LogP contribution in [0.15, 0.2) is 46.0 Å². The molecule has 0 saturated heterocycles. The van der Waals surface area contributed by atoms with Gasteiger partial charge in [-0.05, 0) is 36.4 Å². The van der Waals surface area contributed by atoms with Crippen LogP contribution in [0.1, 0.15) is 5.56 Å².